The first kappa shape index (κ1) is 17.0. The molecule has 1 fully saturated rings. The molecule has 2 N–H and O–H groups in total. The fourth-order valence-electron chi connectivity index (χ4n) is 4.13. The van der Waals surface area contributed by atoms with Crippen molar-refractivity contribution in [2.24, 2.45) is 0 Å². The van der Waals surface area contributed by atoms with Gasteiger partial charge in [-0.2, -0.15) is 0 Å². The van der Waals surface area contributed by atoms with E-state index < -0.39 is 29.3 Å². The molecule has 4 rings (SSSR count). The van der Waals surface area contributed by atoms with Crippen molar-refractivity contribution in [1.82, 2.24) is 9.55 Å². The minimum absolute atomic E-state index is 0.132. The molecule has 0 radical (unpaired) electrons. The van der Waals surface area contributed by atoms with Crippen LogP contribution in [0.1, 0.15) is 55.3 Å². The van der Waals surface area contributed by atoms with Gasteiger partial charge >= 0.3 is 5.69 Å². The van der Waals surface area contributed by atoms with E-state index in [1.165, 1.54) is 22.8 Å². The molecule has 0 bridgehead atoms. The summed E-state index contributed by atoms with van der Waals surface area (Å²) in [4.78, 5) is 28.0. The van der Waals surface area contributed by atoms with Crippen LogP contribution in [0.25, 0.3) is 0 Å². The number of alkyl halides is 1. The van der Waals surface area contributed by atoms with Crippen LogP contribution in [-0.2, 0) is 6.42 Å². The van der Waals surface area contributed by atoms with E-state index in [9.17, 15) is 18.4 Å². The molecule has 1 aromatic heterocycles. The number of benzene rings is 1. The van der Waals surface area contributed by atoms with E-state index in [4.69, 9.17) is 0 Å². The molecule has 2 atom stereocenters. The summed E-state index contributed by atoms with van der Waals surface area (Å²) in [6.45, 7) is 0. The Balaban J connectivity index is 1.74. The van der Waals surface area contributed by atoms with Crippen molar-refractivity contribution in [3.63, 3.8) is 0 Å². The zero-order valence-electron chi connectivity index (χ0n) is 14.3. The minimum atomic E-state index is -1.46. The maximum absolute atomic E-state index is 14.8. The van der Waals surface area contributed by atoms with Gasteiger partial charge in [0.1, 0.15) is 17.8 Å². The number of nitrogens with zero attached hydrogens (tertiary/aromatic N) is 1. The number of nitrogens with one attached hydrogen (secondary N) is 2. The maximum atomic E-state index is 14.8. The van der Waals surface area contributed by atoms with E-state index in [1.807, 2.05) is 0 Å². The van der Waals surface area contributed by atoms with Gasteiger partial charge in [0, 0.05) is 18.0 Å². The van der Waals surface area contributed by atoms with E-state index in [0.29, 0.717) is 0 Å². The molecule has 2 aromatic rings. The number of aromatic nitrogens is 2. The Kier molecular flexibility index (Phi) is 4.38. The highest BCUT2D eigenvalue weighted by Crippen LogP contribution is 2.33. The Hall–Kier alpha value is -2.44. The number of H-pyrrole nitrogens is 1. The number of halogens is 2. The van der Waals surface area contributed by atoms with Gasteiger partial charge in [-0.3, -0.25) is 14.3 Å². The standard InChI is InChI=1S/C19H21F2N3O2/c20-14-9-5-4-8-12(14)16-15(21)10-13-17(22-16)23-19(26)24(18(13)25)11-6-2-1-3-7-11/h4-5,8-9,11,15-16,22H,1-3,6-7,10H2,(H,23,26)/t15-,16-/m0/s1. The van der Waals surface area contributed by atoms with Crippen LogP contribution in [0.5, 0.6) is 0 Å². The second kappa shape index (κ2) is 6.70. The molecule has 1 aliphatic heterocycles. The van der Waals surface area contributed by atoms with Gasteiger partial charge in [0.15, 0.2) is 0 Å². The van der Waals surface area contributed by atoms with Crippen LogP contribution >= 0.6 is 0 Å². The van der Waals surface area contributed by atoms with Crippen molar-refractivity contribution < 1.29 is 8.78 Å². The lowest BCUT2D eigenvalue weighted by molar-refractivity contribution is 0.277. The Morgan fingerprint density at radius 2 is 1.81 bits per heavy atom. The molecular formula is C19H21F2N3O2. The lowest BCUT2D eigenvalue weighted by Gasteiger charge is -2.31. The summed E-state index contributed by atoms with van der Waals surface area (Å²) in [6.07, 6.45) is 3.02. The van der Waals surface area contributed by atoms with Crippen molar-refractivity contribution in [2.75, 3.05) is 5.32 Å². The number of rotatable bonds is 2. The van der Waals surface area contributed by atoms with E-state index in [-0.39, 0.29) is 29.4 Å². The summed E-state index contributed by atoms with van der Waals surface area (Å²) in [5.41, 5.74) is -0.506. The van der Waals surface area contributed by atoms with Gasteiger partial charge in [0.25, 0.3) is 5.56 Å². The van der Waals surface area contributed by atoms with Gasteiger partial charge in [-0.15, -0.1) is 0 Å². The fourth-order valence-corrected chi connectivity index (χ4v) is 4.13. The van der Waals surface area contributed by atoms with Crippen molar-refractivity contribution >= 4 is 5.82 Å². The van der Waals surface area contributed by atoms with Crippen LogP contribution in [0.3, 0.4) is 0 Å². The van der Waals surface area contributed by atoms with Crippen molar-refractivity contribution in [3.8, 4) is 0 Å². The molecular weight excluding hydrogens is 340 g/mol. The van der Waals surface area contributed by atoms with Crippen molar-refractivity contribution in [2.45, 2.75) is 56.8 Å². The van der Waals surface area contributed by atoms with Crippen LogP contribution < -0.4 is 16.6 Å². The van der Waals surface area contributed by atoms with Crippen molar-refractivity contribution in [1.29, 1.82) is 0 Å². The molecule has 1 aromatic carbocycles. The largest absolute Gasteiger partial charge is 0.361 e. The first-order valence-electron chi connectivity index (χ1n) is 9.09. The average Bonchev–Trinajstić information content (AvgIpc) is 2.64. The zero-order chi connectivity index (χ0) is 18.3. The molecule has 0 spiro atoms. The highest BCUT2D eigenvalue weighted by atomic mass is 19.1. The zero-order valence-corrected chi connectivity index (χ0v) is 14.3. The predicted molar refractivity (Wildman–Crippen MR) is 94.8 cm³/mol. The molecule has 2 heterocycles. The third-order valence-electron chi connectivity index (χ3n) is 5.47. The molecule has 1 aliphatic carbocycles. The van der Waals surface area contributed by atoms with Gasteiger partial charge in [0.05, 0.1) is 11.6 Å². The third kappa shape index (κ3) is 2.85. The molecule has 7 heteroatoms. The van der Waals surface area contributed by atoms with E-state index in [1.54, 1.807) is 6.07 Å². The van der Waals surface area contributed by atoms with E-state index in [2.05, 4.69) is 10.3 Å². The summed E-state index contributed by atoms with van der Waals surface area (Å²) in [5, 5.41) is 2.83. The second-order valence-corrected chi connectivity index (χ2v) is 7.11. The average molecular weight is 361 g/mol. The third-order valence-corrected chi connectivity index (χ3v) is 5.47. The Bertz CT molecular complexity index is 931. The minimum Gasteiger partial charge on any atom is -0.361 e. The van der Waals surface area contributed by atoms with Gasteiger partial charge in [-0.25, -0.2) is 13.6 Å². The lowest BCUT2D eigenvalue weighted by Crippen LogP contribution is -2.44. The van der Waals surface area contributed by atoms with Gasteiger partial charge in [-0.1, -0.05) is 37.5 Å². The maximum Gasteiger partial charge on any atom is 0.330 e. The summed E-state index contributed by atoms with van der Waals surface area (Å²) in [7, 11) is 0. The van der Waals surface area contributed by atoms with E-state index >= 15 is 0 Å². The molecule has 138 valence electrons. The molecule has 0 unspecified atom stereocenters. The van der Waals surface area contributed by atoms with Crippen molar-refractivity contribution in [3.05, 3.63) is 62.0 Å². The quantitative estimate of drug-likeness (QED) is 0.863. The molecule has 5 nitrogen and oxygen atoms in total. The Labute approximate surface area is 149 Å². The van der Waals surface area contributed by atoms with Crippen LogP contribution in [0.15, 0.2) is 33.9 Å². The van der Waals surface area contributed by atoms with Crippen LogP contribution in [-0.4, -0.2) is 15.7 Å². The number of hydrogen-bond acceptors (Lipinski definition) is 3. The van der Waals surface area contributed by atoms with Crippen LogP contribution in [0.4, 0.5) is 14.6 Å². The Morgan fingerprint density at radius 1 is 1.08 bits per heavy atom. The molecule has 2 aliphatic rings. The number of hydrogen-bond donors (Lipinski definition) is 2. The molecule has 0 saturated heterocycles. The first-order chi connectivity index (χ1) is 12.6. The smallest absolute Gasteiger partial charge is 0.330 e. The summed E-state index contributed by atoms with van der Waals surface area (Å²) in [5.74, 6) is -0.316. The van der Waals surface area contributed by atoms with Crippen LogP contribution in [0.2, 0.25) is 0 Å². The summed E-state index contributed by atoms with van der Waals surface area (Å²) < 4.78 is 30.1. The van der Waals surface area contributed by atoms with Gasteiger partial charge in [-0.05, 0) is 18.9 Å². The number of anilines is 1. The molecule has 1 saturated carbocycles. The van der Waals surface area contributed by atoms with Gasteiger partial charge in [0.2, 0.25) is 0 Å². The predicted octanol–water partition coefficient (Wildman–Crippen LogP) is 3.23. The summed E-state index contributed by atoms with van der Waals surface area (Å²) >= 11 is 0. The number of aromatic amines is 1. The molecule has 0 amide bonds. The van der Waals surface area contributed by atoms with E-state index in [0.717, 1.165) is 32.1 Å². The van der Waals surface area contributed by atoms with Crippen LogP contribution in [0, 0.1) is 5.82 Å². The summed E-state index contributed by atoms with van der Waals surface area (Å²) in [6, 6.07) is 4.87. The van der Waals surface area contributed by atoms with Gasteiger partial charge < -0.3 is 5.32 Å². The second-order valence-electron chi connectivity index (χ2n) is 7.11. The molecule has 26 heavy (non-hydrogen) atoms. The SMILES string of the molecule is O=c1[nH]c2c(c(=O)n1C1CCCCC1)C[C@H](F)[C@H](c1ccccc1F)N2. The normalized spacial score (nSPS) is 23.3. The Morgan fingerprint density at radius 3 is 2.54 bits per heavy atom. The lowest BCUT2D eigenvalue weighted by atomic mass is 9.92. The monoisotopic (exact) mass is 361 g/mol. The fraction of sp³-hybridized carbons (Fsp3) is 0.474. The number of fused-ring (bicyclic) bond motifs is 1. The first-order valence-corrected chi connectivity index (χ1v) is 9.09. The topological polar surface area (TPSA) is 66.9 Å². The highest BCUT2D eigenvalue weighted by Gasteiger charge is 2.34. The highest BCUT2D eigenvalue weighted by molar-refractivity contribution is 5.49.